The average Bonchev–Trinajstić information content (AvgIpc) is 2.75. The number of carboxylic acid groups (broad SMARTS) is 1. The number of carbonyl (C=O) groups is 1. The van der Waals surface area contributed by atoms with Crippen LogP contribution >= 0.6 is 0 Å². The van der Waals surface area contributed by atoms with Crippen molar-refractivity contribution in [2.75, 3.05) is 0 Å². The Morgan fingerprint density at radius 1 is 1.40 bits per heavy atom. The summed E-state index contributed by atoms with van der Waals surface area (Å²) >= 11 is 0. The van der Waals surface area contributed by atoms with Crippen molar-refractivity contribution in [1.82, 2.24) is 5.16 Å². The average molecular weight is 281 g/mol. The molecule has 1 heterocycles. The van der Waals surface area contributed by atoms with Gasteiger partial charge in [0.1, 0.15) is 11.3 Å². The Hall–Kier alpha value is -2.24. The minimum Gasteiger partial charge on any atom is -0.477 e. The molecule has 0 fully saturated rings. The van der Waals surface area contributed by atoms with Gasteiger partial charge in [-0.15, -0.1) is 0 Å². The molecule has 0 bridgehead atoms. The molecule has 0 spiro atoms. The molecule has 2 rings (SSSR count). The van der Waals surface area contributed by atoms with Crippen LogP contribution in [0.4, 0.5) is 8.78 Å². The van der Waals surface area contributed by atoms with Crippen LogP contribution in [0.25, 0.3) is 11.3 Å². The maximum absolute atomic E-state index is 13.8. The van der Waals surface area contributed by atoms with E-state index in [1.54, 1.807) is 0 Å². The summed E-state index contributed by atoms with van der Waals surface area (Å²) in [4.78, 5) is 11.3. The van der Waals surface area contributed by atoms with Gasteiger partial charge in [-0.05, 0) is 18.1 Å². The van der Waals surface area contributed by atoms with Crippen LogP contribution in [-0.2, 0) is 6.42 Å². The number of benzene rings is 1. The predicted octanol–water partition coefficient (Wildman–Crippen LogP) is 3.52. The Kier molecular flexibility index (Phi) is 3.83. The van der Waals surface area contributed by atoms with E-state index in [1.807, 2.05) is 13.8 Å². The van der Waals surface area contributed by atoms with Crippen LogP contribution in [0.5, 0.6) is 0 Å². The van der Waals surface area contributed by atoms with E-state index < -0.39 is 17.6 Å². The standard InChI is InChI=1S/C14H13F2NO3/c1-7(2)6-10-11(14(18)19)13(17-20-10)8-4-3-5-9(15)12(8)16/h3-5,7H,6H2,1-2H3,(H,18,19). The number of hydrogen-bond donors (Lipinski definition) is 1. The number of aromatic carboxylic acids is 1. The molecule has 106 valence electrons. The van der Waals surface area contributed by atoms with Crippen molar-refractivity contribution >= 4 is 5.97 Å². The number of rotatable bonds is 4. The topological polar surface area (TPSA) is 63.3 Å². The quantitative estimate of drug-likeness (QED) is 0.931. The second-order valence-corrected chi connectivity index (χ2v) is 4.83. The van der Waals surface area contributed by atoms with Gasteiger partial charge in [0.25, 0.3) is 0 Å². The van der Waals surface area contributed by atoms with Crippen LogP contribution in [0.15, 0.2) is 22.7 Å². The van der Waals surface area contributed by atoms with Crippen LogP contribution < -0.4 is 0 Å². The van der Waals surface area contributed by atoms with Crippen LogP contribution in [-0.4, -0.2) is 16.2 Å². The highest BCUT2D eigenvalue weighted by atomic mass is 19.2. The molecule has 1 aromatic carbocycles. The molecule has 0 unspecified atom stereocenters. The fourth-order valence-electron chi connectivity index (χ4n) is 1.93. The number of carboxylic acids is 1. The summed E-state index contributed by atoms with van der Waals surface area (Å²) in [5.74, 6) is -3.18. The van der Waals surface area contributed by atoms with Gasteiger partial charge in [-0.25, -0.2) is 13.6 Å². The molecule has 1 N–H and O–H groups in total. The van der Waals surface area contributed by atoms with Crippen LogP contribution in [0, 0.1) is 17.6 Å². The highest BCUT2D eigenvalue weighted by Crippen LogP contribution is 2.29. The van der Waals surface area contributed by atoms with E-state index in [9.17, 15) is 18.7 Å². The molecule has 0 atom stereocenters. The molecule has 0 aliphatic carbocycles. The lowest BCUT2D eigenvalue weighted by atomic mass is 10.0. The Morgan fingerprint density at radius 3 is 2.70 bits per heavy atom. The molecule has 0 aliphatic heterocycles. The Morgan fingerprint density at radius 2 is 2.10 bits per heavy atom. The third-order valence-electron chi connectivity index (χ3n) is 2.78. The van der Waals surface area contributed by atoms with Crippen molar-refractivity contribution in [2.24, 2.45) is 5.92 Å². The molecule has 0 saturated heterocycles. The summed E-state index contributed by atoms with van der Waals surface area (Å²) in [6.07, 6.45) is 0.353. The second kappa shape index (κ2) is 5.40. The summed E-state index contributed by atoms with van der Waals surface area (Å²) in [7, 11) is 0. The van der Waals surface area contributed by atoms with E-state index in [0.717, 1.165) is 6.07 Å². The van der Waals surface area contributed by atoms with Crippen LogP contribution in [0.3, 0.4) is 0 Å². The van der Waals surface area contributed by atoms with E-state index in [-0.39, 0.29) is 28.5 Å². The van der Waals surface area contributed by atoms with Gasteiger partial charge < -0.3 is 9.63 Å². The third kappa shape index (κ3) is 2.54. The van der Waals surface area contributed by atoms with Crippen LogP contribution in [0.1, 0.15) is 30.0 Å². The first-order chi connectivity index (χ1) is 9.41. The summed E-state index contributed by atoms with van der Waals surface area (Å²) in [5, 5.41) is 12.9. The van der Waals surface area contributed by atoms with E-state index >= 15 is 0 Å². The molecule has 0 saturated carbocycles. The van der Waals surface area contributed by atoms with Crippen molar-refractivity contribution in [3.8, 4) is 11.3 Å². The van der Waals surface area contributed by atoms with E-state index in [2.05, 4.69) is 5.16 Å². The lowest BCUT2D eigenvalue weighted by molar-refractivity contribution is 0.0695. The first-order valence-corrected chi connectivity index (χ1v) is 6.08. The number of aromatic nitrogens is 1. The molecule has 0 aliphatic rings. The van der Waals surface area contributed by atoms with E-state index in [4.69, 9.17) is 4.52 Å². The molecule has 0 amide bonds. The summed E-state index contributed by atoms with van der Waals surface area (Å²) in [6.45, 7) is 3.77. The Balaban J connectivity index is 2.60. The minimum absolute atomic E-state index is 0.145. The van der Waals surface area contributed by atoms with Crippen LogP contribution in [0.2, 0.25) is 0 Å². The van der Waals surface area contributed by atoms with Gasteiger partial charge in [-0.1, -0.05) is 25.1 Å². The zero-order valence-electron chi connectivity index (χ0n) is 11.0. The van der Waals surface area contributed by atoms with Gasteiger partial charge in [0.2, 0.25) is 0 Å². The number of halogens is 2. The first-order valence-electron chi connectivity index (χ1n) is 6.08. The molecule has 2 aromatic rings. The maximum atomic E-state index is 13.8. The van der Waals surface area contributed by atoms with Gasteiger partial charge in [-0.2, -0.15) is 0 Å². The summed E-state index contributed by atoms with van der Waals surface area (Å²) in [5.41, 5.74) is -0.630. The minimum atomic E-state index is -1.28. The maximum Gasteiger partial charge on any atom is 0.341 e. The Bertz CT molecular complexity index is 650. The lowest BCUT2D eigenvalue weighted by Crippen LogP contribution is -2.04. The van der Waals surface area contributed by atoms with E-state index in [0.29, 0.717) is 6.42 Å². The zero-order chi connectivity index (χ0) is 14.9. The molecule has 6 heteroatoms. The fraction of sp³-hybridized carbons (Fsp3) is 0.286. The van der Waals surface area contributed by atoms with E-state index in [1.165, 1.54) is 12.1 Å². The number of nitrogens with zero attached hydrogens (tertiary/aromatic N) is 1. The van der Waals surface area contributed by atoms with Crippen molar-refractivity contribution in [2.45, 2.75) is 20.3 Å². The Labute approximate surface area is 114 Å². The van der Waals surface area contributed by atoms with Gasteiger partial charge in [0.15, 0.2) is 17.4 Å². The van der Waals surface area contributed by atoms with Gasteiger partial charge in [0.05, 0.1) is 0 Å². The third-order valence-corrected chi connectivity index (χ3v) is 2.78. The highest BCUT2D eigenvalue weighted by molar-refractivity contribution is 5.95. The highest BCUT2D eigenvalue weighted by Gasteiger charge is 2.26. The van der Waals surface area contributed by atoms with Gasteiger partial charge in [-0.3, -0.25) is 0 Å². The van der Waals surface area contributed by atoms with Gasteiger partial charge in [0, 0.05) is 12.0 Å². The van der Waals surface area contributed by atoms with Gasteiger partial charge >= 0.3 is 5.97 Å². The smallest absolute Gasteiger partial charge is 0.341 e. The molecule has 1 aromatic heterocycles. The second-order valence-electron chi connectivity index (χ2n) is 4.83. The first kappa shape index (κ1) is 14.2. The lowest BCUT2D eigenvalue weighted by Gasteiger charge is -2.03. The molecule has 0 radical (unpaired) electrons. The molecular formula is C14H13F2NO3. The van der Waals surface area contributed by atoms with Crippen molar-refractivity contribution in [3.63, 3.8) is 0 Å². The normalized spacial score (nSPS) is 11.1. The largest absolute Gasteiger partial charge is 0.477 e. The molecular weight excluding hydrogens is 268 g/mol. The summed E-state index contributed by atoms with van der Waals surface area (Å²) in [6, 6.07) is 3.51. The monoisotopic (exact) mass is 281 g/mol. The molecule has 4 nitrogen and oxygen atoms in total. The number of hydrogen-bond acceptors (Lipinski definition) is 3. The van der Waals surface area contributed by atoms with Crippen molar-refractivity contribution < 1.29 is 23.2 Å². The predicted molar refractivity (Wildman–Crippen MR) is 67.4 cm³/mol. The van der Waals surface area contributed by atoms with Crippen molar-refractivity contribution in [3.05, 3.63) is 41.2 Å². The fourth-order valence-corrected chi connectivity index (χ4v) is 1.93. The SMILES string of the molecule is CC(C)Cc1onc(-c2cccc(F)c2F)c1C(=O)O. The zero-order valence-corrected chi connectivity index (χ0v) is 11.0. The van der Waals surface area contributed by atoms with Crippen molar-refractivity contribution in [1.29, 1.82) is 0 Å². The summed E-state index contributed by atoms with van der Waals surface area (Å²) < 4.78 is 32.0. The molecule has 20 heavy (non-hydrogen) atoms.